The van der Waals surface area contributed by atoms with Gasteiger partial charge in [0.1, 0.15) is 0 Å². The number of nitrogens with zero attached hydrogens (tertiary/aromatic N) is 1. The molecule has 0 aliphatic rings. The van der Waals surface area contributed by atoms with Gasteiger partial charge in [-0.2, -0.15) is 0 Å². The number of pyridine rings is 1. The summed E-state index contributed by atoms with van der Waals surface area (Å²) < 4.78 is 5.33. The lowest BCUT2D eigenvalue weighted by molar-refractivity contribution is -0.119. The first-order valence-corrected chi connectivity index (χ1v) is 10.6. The van der Waals surface area contributed by atoms with Gasteiger partial charge in [-0.3, -0.25) is 4.79 Å². The summed E-state index contributed by atoms with van der Waals surface area (Å²) in [6.45, 7) is 1.68. The predicted octanol–water partition coefficient (Wildman–Crippen LogP) is 5.91. The summed E-state index contributed by atoms with van der Waals surface area (Å²) in [7, 11) is 0. The summed E-state index contributed by atoms with van der Waals surface area (Å²) in [6, 6.07) is 23.8. The number of amides is 1. The van der Waals surface area contributed by atoms with Crippen molar-refractivity contribution in [1.29, 1.82) is 0 Å². The highest BCUT2D eigenvalue weighted by atomic mass is 35.5. The molecule has 0 aliphatic heterocycles. The van der Waals surface area contributed by atoms with Crippen molar-refractivity contribution in [2.24, 2.45) is 0 Å². The maximum absolute atomic E-state index is 12.9. The van der Waals surface area contributed by atoms with E-state index in [0.717, 1.165) is 12.0 Å². The Hall–Kier alpha value is -3.70. The number of anilines is 1. The van der Waals surface area contributed by atoms with E-state index in [2.05, 4.69) is 17.2 Å². The quantitative estimate of drug-likeness (QED) is 0.375. The van der Waals surface area contributed by atoms with Crippen LogP contribution in [0.15, 0.2) is 78.9 Å². The van der Waals surface area contributed by atoms with E-state index in [9.17, 15) is 9.59 Å². The zero-order valence-corrected chi connectivity index (χ0v) is 18.2. The molecular weight excluding hydrogens is 424 g/mol. The number of nitrogens with one attached hydrogen (secondary N) is 1. The van der Waals surface area contributed by atoms with Crippen LogP contribution in [0.25, 0.3) is 22.2 Å². The number of fused-ring (bicyclic) bond motifs is 1. The van der Waals surface area contributed by atoms with E-state index in [-0.39, 0.29) is 6.61 Å². The second kappa shape index (κ2) is 9.62. The maximum Gasteiger partial charge on any atom is 0.339 e. The minimum Gasteiger partial charge on any atom is -0.452 e. The molecule has 0 saturated carbocycles. The molecule has 5 nitrogen and oxygen atoms in total. The summed E-state index contributed by atoms with van der Waals surface area (Å²) in [5, 5.41) is 4.01. The molecule has 0 spiro atoms. The van der Waals surface area contributed by atoms with Gasteiger partial charge in [-0.05, 0) is 48.4 Å². The van der Waals surface area contributed by atoms with Gasteiger partial charge in [-0.15, -0.1) is 0 Å². The number of benzene rings is 3. The Kier molecular flexibility index (Phi) is 6.47. The van der Waals surface area contributed by atoms with Crippen LogP contribution < -0.4 is 5.32 Å². The summed E-state index contributed by atoms with van der Waals surface area (Å²) in [5.74, 6) is -0.992. The molecule has 0 radical (unpaired) electrons. The zero-order valence-electron chi connectivity index (χ0n) is 17.5. The second-order valence-corrected chi connectivity index (χ2v) is 7.69. The molecule has 1 aromatic heterocycles. The molecule has 0 atom stereocenters. The van der Waals surface area contributed by atoms with Gasteiger partial charge in [0, 0.05) is 21.7 Å². The number of carbonyl (C=O) groups excluding carboxylic acids is 2. The fourth-order valence-corrected chi connectivity index (χ4v) is 3.47. The first-order chi connectivity index (χ1) is 15.5. The number of carbonyl (C=O) groups is 2. The van der Waals surface area contributed by atoms with Crippen LogP contribution in [0.4, 0.5) is 5.69 Å². The first-order valence-electron chi connectivity index (χ1n) is 10.2. The van der Waals surface area contributed by atoms with Crippen LogP contribution in [0, 0.1) is 0 Å². The van der Waals surface area contributed by atoms with Crippen molar-refractivity contribution in [2.75, 3.05) is 11.9 Å². The number of aryl methyl sites for hydroxylation is 1. The van der Waals surface area contributed by atoms with Crippen LogP contribution in [0.3, 0.4) is 0 Å². The smallest absolute Gasteiger partial charge is 0.339 e. The Morgan fingerprint density at radius 1 is 0.969 bits per heavy atom. The lowest BCUT2D eigenvalue weighted by Gasteiger charge is -2.11. The van der Waals surface area contributed by atoms with Gasteiger partial charge in [0.2, 0.25) is 0 Å². The summed E-state index contributed by atoms with van der Waals surface area (Å²) in [6.07, 6.45) is 0.920. The molecule has 0 unspecified atom stereocenters. The Balaban J connectivity index is 1.53. The maximum atomic E-state index is 12.9. The van der Waals surface area contributed by atoms with E-state index in [0.29, 0.717) is 32.9 Å². The second-order valence-electron chi connectivity index (χ2n) is 7.25. The number of hydrogen-bond donors (Lipinski definition) is 1. The molecule has 0 bridgehead atoms. The minimum absolute atomic E-state index is 0.348. The Morgan fingerprint density at radius 3 is 2.41 bits per heavy atom. The number of para-hydroxylation sites is 1. The molecule has 1 N–H and O–H groups in total. The molecule has 0 saturated heterocycles. The molecule has 32 heavy (non-hydrogen) atoms. The molecule has 160 valence electrons. The van der Waals surface area contributed by atoms with E-state index in [4.69, 9.17) is 16.3 Å². The number of esters is 1. The average molecular weight is 445 g/mol. The van der Waals surface area contributed by atoms with Crippen molar-refractivity contribution in [1.82, 2.24) is 4.98 Å². The minimum atomic E-state index is -0.588. The molecular formula is C26H21ClN2O3. The van der Waals surface area contributed by atoms with E-state index < -0.39 is 11.9 Å². The van der Waals surface area contributed by atoms with Crippen LogP contribution in [-0.2, 0) is 16.0 Å². The monoisotopic (exact) mass is 444 g/mol. The molecule has 6 heteroatoms. The van der Waals surface area contributed by atoms with Crippen LogP contribution in [0.1, 0.15) is 22.8 Å². The number of hydrogen-bond acceptors (Lipinski definition) is 4. The van der Waals surface area contributed by atoms with Gasteiger partial charge in [0.25, 0.3) is 5.91 Å². The van der Waals surface area contributed by atoms with Gasteiger partial charge < -0.3 is 10.1 Å². The fourth-order valence-electron chi connectivity index (χ4n) is 3.34. The van der Waals surface area contributed by atoms with Crippen molar-refractivity contribution in [3.05, 3.63) is 95.0 Å². The molecule has 4 rings (SSSR count). The largest absolute Gasteiger partial charge is 0.452 e. The van der Waals surface area contributed by atoms with Crippen molar-refractivity contribution < 1.29 is 14.3 Å². The molecule has 3 aromatic carbocycles. The summed E-state index contributed by atoms with van der Waals surface area (Å²) >= 11 is 5.99. The Bertz CT molecular complexity index is 1270. The Labute approximate surface area is 191 Å². The van der Waals surface area contributed by atoms with E-state index >= 15 is 0 Å². The van der Waals surface area contributed by atoms with Crippen molar-refractivity contribution in [2.45, 2.75) is 13.3 Å². The lowest BCUT2D eigenvalue weighted by atomic mass is 10.0. The molecule has 0 aliphatic carbocycles. The van der Waals surface area contributed by atoms with Crippen molar-refractivity contribution in [3.63, 3.8) is 0 Å². The van der Waals surface area contributed by atoms with Gasteiger partial charge in [-0.25, -0.2) is 9.78 Å². The number of rotatable bonds is 6. The van der Waals surface area contributed by atoms with E-state index in [1.807, 2.05) is 54.6 Å². The number of ether oxygens (including phenoxy) is 1. The number of aromatic nitrogens is 1. The number of halogens is 1. The molecule has 4 aromatic rings. The first kappa shape index (κ1) is 21.5. The third-order valence-electron chi connectivity index (χ3n) is 5.06. The normalized spacial score (nSPS) is 10.7. The van der Waals surface area contributed by atoms with Crippen molar-refractivity contribution in [3.8, 4) is 11.3 Å². The van der Waals surface area contributed by atoms with Crippen LogP contribution in [0.5, 0.6) is 0 Å². The molecule has 1 heterocycles. The van der Waals surface area contributed by atoms with E-state index in [1.165, 1.54) is 5.56 Å². The SMILES string of the molecule is CCc1ccc(NC(=O)COC(=O)c2cc(-c3ccc(Cl)cc3)nc3ccccc23)cc1. The predicted molar refractivity (Wildman–Crippen MR) is 127 cm³/mol. The molecule has 0 fully saturated rings. The lowest BCUT2D eigenvalue weighted by Crippen LogP contribution is -2.21. The van der Waals surface area contributed by atoms with Crippen LogP contribution >= 0.6 is 11.6 Å². The highest BCUT2D eigenvalue weighted by molar-refractivity contribution is 6.30. The zero-order chi connectivity index (χ0) is 22.5. The van der Waals surface area contributed by atoms with Crippen LogP contribution in [-0.4, -0.2) is 23.5 Å². The fraction of sp³-hybridized carbons (Fsp3) is 0.115. The third-order valence-corrected chi connectivity index (χ3v) is 5.31. The van der Waals surface area contributed by atoms with Crippen LogP contribution in [0.2, 0.25) is 5.02 Å². The summed E-state index contributed by atoms with van der Waals surface area (Å²) in [5.41, 5.74) is 4.28. The third kappa shape index (κ3) is 4.95. The Morgan fingerprint density at radius 2 is 1.69 bits per heavy atom. The average Bonchev–Trinajstić information content (AvgIpc) is 2.83. The van der Waals surface area contributed by atoms with Gasteiger partial charge in [0.05, 0.1) is 16.8 Å². The molecule has 1 amide bonds. The topological polar surface area (TPSA) is 68.3 Å². The van der Waals surface area contributed by atoms with E-state index in [1.54, 1.807) is 24.3 Å². The van der Waals surface area contributed by atoms with Gasteiger partial charge >= 0.3 is 5.97 Å². The van der Waals surface area contributed by atoms with Gasteiger partial charge in [-0.1, -0.05) is 61.0 Å². The van der Waals surface area contributed by atoms with Crippen molar-refractivity contribution >= 4 is 40.1 Å². The standard InChI is InChI=1S/C26H21ClN2O3/c1-2-17-7-13-20(14-8-17)28-25(30)16-32-26(31)22-15-24(18-9-11-19(27)12-10-18)29-23-6-4-3-5-21(22)23/h3-15H,2,16H2,1H3,(H,28,30). The van der Waals surface area contributed by atoms with Gasteiger partial charge in [0.15, 0.2) is 6.61 Å². The highest BCUT2D eigenvalue weighted by Gasteiger charge is 2.16. The summed E-state index contributed by atoms with van der Waals surface area (Å²) in [4.78, 5) is 29.8. The highest BCUT2D eigenvalue weighted by Crippen LogP contribution is 2.26.